The highest BCUT2D eigenvalue weighted by molar-refractivity contribution is 5.05. The van der Waals surface area contributed by atoms with Crippen LogP contribution in [0.4, 0.5) is 0 Å². The third-order valence-corrected chi connectivity index (χ3v) is 2.60. The highest BCUT2D eigenvalue weighted by Gasteiger charge is 2.28. The van der Waals surface area contributed by atoms with Crippen molar-refractivity contribution in [3.63, 3.8) is 0 Å². The van der Waals surface area contributed by atoms with E-state index in [0.29, 0.717) is 12.1 Å². The van der Waals surface area contributed by atoms with E-state index in [4.69, 9.17) is 5.73 Å². The Labute approximate surface area is 61.5 Å². The molecule has 1 aliphatic heterocycles. The zero-order valence-corrected chi connectivity index (χ0v) is 6.09. The summed E-state index contributed by atoms with van der Waals surface area (Å²) >= 11 is 0. The molecular weight excluding hydrogens is 124 g/mol. The second-order valence-electron chi connectivity index (χ2n) is 3.37. The third-order valence-electron chi connectivity index (χ3n) is 2.60. The first-order valence-corrected chi connectivity index (χ1v) is 4.04. The van der Waals surface area contributed by atoms with Crippen molar-refractivity contribution in [3.8, 4) is 0 Å². The average Bonchev–Trinajstić information content (AvgIpc) is 2.33. The van der Waals surface area contributed by atoms with Gasteiger partial charge in [-0.05, 0) is 31.4 Å². The molecule has 2 rings (SSSR count). The largest absolute Gasteiger partial charge is 0.388 e. The Bertz CT molecular complexity index is 153. The predicted molar refractivity (Wildman–Crippen MR) is 41.4 cm³/mol. The van der Waals surface area contributed by atoms with Crippen molar-refractivity contribution in [3.05, 3.63) is 12.3 Å². The molecule has 0 bridgehead atoms. The minimum Gasteiger partial charge on any atom is -0.388 e. The lowest BCUT2D eigenvalue weighted by Crippen LogP contribution is -2.39. The lowest BCUT2D eigenvalue weighted by Gasteiger charge is -2.29. The van der Waals surface area contributed by atoms with Gasteiger partial charge in [0.2, 0.25) is 0 Å². The second-order valence-corrected chi connectivity index (χ2v) is 3.37. The van der Waals surface area contributed by atoms with E-state index >= 15 is 0 Å². The summed E-state index contributed by atoms with van der Waals surface area (Å²) in [5.74, 6) is 0.778. The summed E-state index contributed by atoms with van der Waals surface area (Å²) in [5.41, 5.74) is 5.82. The Kier molecular flexibility index (Phi) is 1.42. The van der Waals surface area contributed by atoms with Crippen LogP contribution in [0.2, 0.25) is 0 Å². The van der Waals surface area contributed by atoms with Gasteiger partial charge in [0.05, 0.1) is 0 Å². The van der Waals surface area contributed by atoms with Crippen LogP contribution < -0.4 is 11.1 Å². The number of nitrogens with one attached hydrogen (secondary N) is 1. The molecule has 1 aliphatic carbocycles. The van der Waals surface area contributed by atoms with Crippen molar-refractivity contribution in [1.29, 1.82) is 0 Å². The molecule has 0 radical (unpaired) electrons. The van der Waals surface area contributed by atoms with Gasteiger partial charge in [0.25, 0.3) is 0 Å². The molecule has 10 heavy (non-hydrogen) atoms. The third kappa shape index (κ3) is 0.926. The van der Waals surface area contributed by atoms with Crippen LogP contribution in [0.1, 0.15) is 19.3 Å². The molecule has 3 N–H and O–H groups in total. The van der Waals surface area contributed by atoms with E-state index in [0.717, 1.165) is 12.3 Å². The van der Waals surface area contributed by atoms with Crippen molar-refractivity contribution < 1.29 is 0 Å². The van der Waals surface area contributed by atoms with Gasteiger partial charge in [-0.25, -0.2) is 0 Å². The minimum absolute atomic E-state index is 0.439. The minimum atomic E-state index is 0.439. The van der Waals surface area contributed by atoms with Gasteiger partial charge in [-0.15, -0.1) is 0 Å². The van der Waals surface area contributed by atoms with Gasteiger partial charge >= 0.3 is 0 Å². The average molecular weight is 138 g/mol. The van der Waals surface area contributed by atoms with Gasteiger partial charge in [-0.1, -0.05) is 6.08 Å². The molecule has 2 nitrogen and oxygen atoms in total. The van der Waals surface area contributed by atoms with Crippen molar-refractivity contribution in [2.24, 2.45) is 11.7 Å². The summed E-state index contributed by atoms with van der Waals surface area (Å²) < 4.78 is 0. The standard InChI is InChI=1S/C8H14N2/c9-7-2-1-6-3-4-10-8(6)5-7/h3-4,6-8,10H,1-2,5,9H2. The number of nitrogens with two attached hydrogens (primary N) is 1. The van der Waals surface area contributed by atoms with Crippen molar-refractivity contribution >= 4 is 0 Å². The fraction of sp³-hybridized carbons (Fsp3) is 0.750. The molecule has 0 aromatic carbocycles. The first-order chi connectivity index (χ1) is 4.86. The van der Waals surface area contributed by atoms with Crippen LogP contribution in [0, 0.1) is 5.92 Å². The summed E-state index contributed by atoms with van der Waals surface area (Å²) in [5, 5.41) is 3.33. The lowest BCUT2D eigenvalue weighted by molar-refractivity contribution is 0.318. The smallest absolute Gasteiger partial charge is 0.0333 e. The molecule has 2 aliphatic rings. The molecule has 0 aromatic rings. The molecule has 3 atom stereocenters. The maximum Gasteiger partial charge on any atom is 0.0333 e. The normalized spacial score (nSPS) is 44.7. The van der Waals surface area contributed by atoms with Crippen molar-refractivity contribution in [1.82, 2.24) is 5.32 Å². The fourth-order valence-corrected chi connectivity index (χ4v) is 1.95. The van der Waals surface area contributed by atoms with Crippen molar-refractivity contribution in [2.75, 3.05) is 0 Å². The SMILES string of the molecule is NC1CCC2C=CNC2C1. The molecule has 1 fully saturated rings. The molecule has 56 valence electrons. The Balaban J connectivity index is 2.01. The zero-order valence-electron chi connectivity index (χ0n) is 6.09. The van der Waals surface area contributed by atoms with Crippen LogP contribution in [-0.2, 0) is 0 Å². The quantitative estimate of drug-likeness (QED) is 0.514. The first kappa shape index (κ1) is 6.23. The van der Waals surface area contributed by atoms with Crippen LogP contribution >= 0.6 is 0 Å². The highest BCUT2D eigenvalue weighted by Crippen LogP contribution is 2.27. The molecular formula is C8H14N2. The number of rotatable bonds is 0. The van der Waals surface area contributed by atoms with Crippen molar-refractivity contribution in [2.45, 2.75) is 31.3 Å². The molecule has 0 aromatic heterocycles. The summed E-state index contributed by atoms with van der Waals surface area (Å²) in [7, 11) is 0. The van der Waals surface area contributed by atoms with Gasteiger partial charge in [-0.2, -0.15) is 0 Å². The van der Waals surface area contributed by atoms with E-state index in [2.05, 4.69) is 17.6 Å². The number of fused-ring (bicyclic) bond motifs is 1. The number of hydrogen-bond acceptors (Lipinski definition) is 2. The maximum absolute atomic E-state index is 5.82. The van der Waals surface area contributed by atoms with E-state index in [1.165, 1.54) is 12.8 Å². The van der Waals surface area contributed by atoms with Gasteiger partial charge in [0.1, 0.15) is 0 Å². The Morgan fingerprint density at radius 2 is 2.30 bits per heavy atom. The summed E-state index contributed by atoms with van der Waals surface area (Å²) in [4.78, 5) is 0. The first-order valence-electron chi connectivity index (χ1n) is 4.04. The topological polar surface area (TPSA) is 38.0 Å². The van der Waals surface area contributed by atoms with E-state index < -0.39 is 0 Å². The molecule has 3 unspecified atom stereocenters. The van der Waals surface area contributed by atoms with Gasteiger partial charge in [0.15, 0.2) is 0 Å². The number of hydrogen-bond donors (Lipinski definition) is 2. The summed E-state index contributed by atoms with van der Waals surface area (Å²) in [6.07, 6.45) is 7.98. The van der Waals surface area contributed by atoms with Gasteiger partial charge in [0, 0.05) is 12.1 Å². The monoisotopic (exact) mass is 138 g/mol. The van der Waals surface area contributed by atoms with E-state index in [-0.39, 0.29) is 0 Å². The second kappa shape index (κ2) is 2.27. The fourth-order valence-electron chi connectivity index (χ4n) is 1.95. The summed E-state index contributed by atoms with van der Waals surface area (Å²) in [6, 6.07) is 1.09. The van der Waals surface area contributed by atoms with Gasteiger partial charge < -0.3 is 11.1 Å². The molecule has 2 heteroatoms. The van der Waals surface area contributed by atoms with Gasteiger partial charge in [-0.3, -0.25) is 0 Å². The molecule has 1 saturated carbocycles. The molecule has 0 spiro atoms. The Morgan fingerprint density at radius 3 is 3.20 bits per heavy atom. The summed E-state index contributed by atoms with van der Waals surface area (Å²) in [6.45, 7) is 0. The van der Waals surface area contributed by atoms with E-state index in [1.54, 1.807) is 0 Å². The van der Waals surface area contributed by atoms with E-state index in [1.807, 2.05) is 0 Å². The lowest BCUT2D eigenvalue weighted by atomic mass is 9.84. The maximum atomic E-state index is 5.82. The zero-order chi connectivity index (χ0) is 6.97. The molecule has 1 heterocycles. The van der Waals surface area contributed by atoms with Crippen LogP contribution in [-0.4, -0.2) is 12.1 Å². The van der Waals surface area contributed by atoms with Crippen LogP contribution in [0.3, 0.4) is 0 Å². The van der Waals surface area contributed by atoms with Crippen LogP contribution in [0.25, 0.3) is 0 Å². The molecule has 0 saturated heterocycles. The van der Waals surface area contributed by atoms with Crippen LogP contribution in [0.5, 0.6) is 0 Å². The highest BCUT2D eigenvalue weighted by atomic mass is 14.9. The molecule has 0 amide bonds. The van der Waals surface area contributed by atoms with E-state index in [9.17, 15) is 0 Å². The Morgan fingerprint density at radius 1 is 1.40 bits per heavy atom. The predicted octanol–water partition coefficient (Wildman–Crippen LogP) is 0.599. The Hall–Kier alpha value is -0.500. The van der Waals surface area contributed by atoms with Crippen LogP contribution in [0.15, 0.2) is 12.3 Å².